The topological polar surface area (TPSA) is 13.1 Å². The van der Waals surface area contributed by atoms with E-state index in [1.807, 2.05) is 11.8 Å². The lowest BCUT2D eigenvalue weighted by molar-refractivity contribution is 0.669. The molecule has 10 aromatic rings. The number of rotatable bonds is 4. The number of fused-ring (bicyclic) bond motifs is 10. The molecule has 1 nitrogen and oxygen atoms in total. The predicted molar refractivity (Wildman–Crippen MR) is 257 cm³/mol. The maximum atomic E-state index is 6.90. The van der Waals surface area contributed by atoms with Crippen molar-refractivity contribution in [2.24, 2.45) is 0 Å². The van der Waals surface area contributed by atoms with E-state index in [2.05, 4.69) is 188 Å². The van der Waals surface area contributed by atoms with Gasteiger partial charge in [-0.15, -0.1) is 0 Å². The number of allylic oxidation sites excluding steroid dienone is 8. The molecule has 282 valence electrons. The van der Waals surface area contributed by atoms with Gasteiger partial charge in [-0.2, -0.15) is 0 Å². The Morgan fingerprint density at radius 1 is 0.483 bits per heavy atom. The van der Waals surface area contributed by atoms with Gasteiger partial charge in [-0.05, 0) is 142 Å². The SMILES string of the molecule is C1=CC(c2c3ccccc3c(-c3cccc4oc5cc(-c6c7ccccc7c(C7=CC=C8Sc9ccccc9C8C7)c7ccccc67)ccc5c34)c3ccccc23)=CCC1. The van der Waals surface area contributed by atoms with Gasteiger partial charge in [0, 0.05) is 21.6 Å². The Morgan fingerprint density at radius 3 is 1.77 bits per heavy atom. The molecule has 0 spiro atoms. The third-order valence-corrected chi connectivity index (χ3v) is 14.5. The Morgan fingerprint density at radius 2 is 1.10 bits per heavy atom. The van der Waals surface area contributed by atoms with Crippen LogP contribution in [0.1, 0.15) is 41.9 Å². The molecule has 3 aliphatic rings. The molecule has 1 unspecified atom stereocenters. The van der Waals surface area contributed by atoms with Crippen molar-refractivity contribution in [1.29, 1.82) is 0 Å². The van der Waals surface area contributed by atoms with Crippen LogP contribution >= 0.6 is 11.8 Å². The number of hydrogen-bond donors (Lipinski definition) is 0. The van der Waals surface area contributed by atoms with Crippen molar-refractivity contribution in [3.63, 3.8) is 0 Å². The van der Waals surface area contributed by atoms with E-state index in [4.69, 9.17) is 4.42 Å². The zero-order chi connectivity index (χ0) is 39.3. The first-order valence-electron chi connectivity index (χ1n) is 21.2. The third kappa shape index (κ3) is 5.01. The van der Waals surface area contributed by atoms with Crippen LogP contribution in [0.2, 0.25) is 0 Å². The summed E-state index contributed by atoms with van der Waals surface area (Å²) in [6.45, 7) is 0. The van der Waals surface area contributed by atoms with Gasteiger partial charge >= 0.3 is 0 Å². The molecule has 2 aliphatic carbocycles. The summed E-state index contributed by atoms with van der Waals surface area (Å²) in [5.74, 6) is 0.407. The second kappa shape index (κ2) is 13.3. The molecule has 0 radical (unpaired) electrons. The molecule has 2 heteroatoms. The molecule has 1 aliphatic heterocycles. The largest absolute Gasteiger partial charge is 0.456 e. The zero-order valence-electron chi connectivity index (χ0n) is 32.9. The van der Waals surface area contributed by atoms with Gasteiger partial charge in [0.15, 0.2) is 0 Å². The summed E-state index contributed by atoms with van der Waals surface area (Å²) < 4.78 is 6.90. The average molecular weight is 783 g/mol. The van der Waals surface area contributed by atoms with Gasteiger partial charge in [0.2, 0.25) is 0 Å². The van der Waals surface area contributed by atoms with Crippen molar-refractivity contribution in [2.75, 3.05) is 0 Å². The molecular formula is C58H38OS. The average Bonchev–Trinajstić information content (AvgIpc) is 3.88. The highest BCUT2D eigenvalue weighted by molar-refractivity contribution is 8.03. The fourth-order valence-electron chi connectivity index (χ4n) is 10.7. The Labute approximate surface area is 352 Å². The van der Waals surface area contributed by atoms with Crippen molar-refractivity contribution in [2.45, 2.75) is 30.1 Å². The van der Waals surface area contributed by atoms with Gasteiger partial charge in [0.05, 0.1) is 0 Å². The second-order valence-corrected chi connectivity index (χ2v) is 17.6. The summed E-state index contributed by atoms with van der Waals surface area (Å²) in [5, 5.41) is 12.5. The van der Waals surface area contributed by atoms with E-state index >= 15 is 0 Å². The van der Waals surface area contributed by atoms with E-state index in [1.165, 1.54) is 97.4 Å². The van der Waals surface area contributed by atoms with E-state index in [9.17, 15) is 0 Å². The van der Waals surface area contributed by atoms with Crippen molar-refractivity contribution >= 4 is 87.9 Å². The second-order valence-electron chi connectivity index (χ2n) is 16.5. The lowest BCUT2D eigenvalue weighted by atomic mass is 9.80. The van der Waals surface area contributed by atoms with Crippen molar-refractivity contribution < 1.29 is 4.42 Å². The normalized spacial score (nSPS) is 16.1. The van der Waals surface area contributed by atoms with Crippen LogP contribution in [0.25, 0.3) is 98.4 Å². The first-order valence-corrected chi connectivity index (χ1v) is 22.0. The van der Waals surface area contributed by atoms with Crippen LogP contribution in [0.5, 0.6) is 0 Å². The van der Waals surface area contributed by atoms with Gasteiger partial charge < -0.3 is 4.42 Å². The third-order valence-electron chi connectivity index (χ3n) is 13.3. The predicted octanol–water partition coefficient (Wildman–Crippen LogP) is 16.8. The van der Waals surface area contributed by atoms with E-state index in [-0.39, 0.29) is 0 Å². The Balaban J connectivity index is 1.01. The summed E-state index contributed by atoms with van der Waals surface area (Å²) in [6.07, 6.45) is 15.0. The maximum absolute atomic E-state index is 6.90. The summed E-state index contributed by atoms with van der Waals surface area (Å²) in [5.41, 5.74) is 13.5. The van der Waals surface area contributed by atoms with Crippen LogP contribution in [0.4, 0.5) is 0 Å². The molecule has 13 rings (SSSR count). The first kappa shape index (κ1) is 34.0. The highest BCUT2D eigenvalue weighted by atomic mass is 32.2. The molecule has 0 saturated carbocycles. The quantitative estimate of drug-likeness (QED) is 0.165. The standard InChI is InChI=1S/C58H38OS/c1-2-15-35(16-3-1)54-43-22-8-10-24-45(43)57(46-25-11-9-23-44(46)54)48-26-14-27-50-58(48)47-31-29-37(34-51(47)59-50)56-41-20-6-4-18-39(41)55(40-19-5-7-21-42(40)56)36-30-32-53-49(33-36)38-17-12-13-28-52(38)60-53/h2,4-32,34,49H,1,3,33H2. The molecule has 60 heavy (non-hydrogen) atoms. The fourth-order valence-corrected chi connectivity index (χ4v) is 12.0. The van der Waals surface area contributed by atoms with Crippen LogP contribution in [0, 0.1) is 0 Å². The van der Waals surface area contributed by atoms with Gasteiger partial charge in [-0.3, -0.25) is 0 Å². The Bertz CT molecular complexity index is 3490. The molecule has 9 aromatic carbocycles. The zero-order valence-corrected chi connectivity index (χ0v) is 33.7. The number of hydrogen-bond acceptors (Lipinski definition) is 2. The molecule has 0 saturated heterocycles. The molecule has 1 atom stereocenters. The Hall–Kier alpha value is -6.87. The van der Waals surface area contributed by atoms with E-state index < -0.39 is 0 Å². The van der Waals surface area contributed by atoms with Crippen LogP contribution in [-0.2, 0) is 0 Å². The lowest BCUT2D eigenvalue weighted by Gasteiger charge is -2.23. The molecule has 0 amide bonds. The van der Waals surface area contributed by atoms with E-state index in [0.29, 0.717) is 5.92 Å². The molecule has 0 bridgehead atoms. The lowest BCUT2D eigenvalue weighted by Crippen LogP contribution is -2.03. The van der Waals surface area contributed by atoms with Crippen molar-refractivity contribution in [3.8, 4) is 22.3 Å². The van der Waals surface area contributed by atoms with Gasteiger partial charge in [0.1, 0.15) is 11.2 Å². The Kier molecular flexibility index (Phi) is 7.56. The number of furan rings is 1. The van der Waals surface area contributed by atoms with Gasteiger partial charge in [0.25, 0.3) is 0 Å². The van der Waals surface area contributed by atoms with Crippen molar-refractivity contribution in [3.05, 3.63) is 210 Å². The molecule has 2 heterocycles. The van der Waals surface area contributed by atoms with Crippen molar-refractivity contribution in [1.82, 2.24) is 0 Å². The van der Waals surface area contributed by atoms with Crippen LogP contribution in [0.15, 0.2) is 202 Å². The highest BCUT2D eigenvalue weighted by Gasteiger charge is 2.32. The summed E-state index contributed by atoms with van der Waals surface area (Å²) in [4.78, 5) is 2.85. The number of benzene rings is 9. The smallest absolute Gasteiger partial charge is 0.136 e. The summed E-state index contributed by atoms with van der Waals surface area (Å²) in [6, 6.07) is 58.4. The molecular weight excluding hydrogens is 745 g/mol. The van der Waals surface area contributed by atoms with Gasteiger partial charge in [-0.1, -0.05) is 176 Å². The molecule has 0 fully saturated rings. The minimum absolute atomic E-state index is 0.407. The maximum Gasteiger partial charge on any atom is 0.136 e. The number of thioether (sulfide) groups is 1. The highest BCUT2D eigenvalue weighted by Crippen LogP contribution is 2.55. The summed E-state index contributed by atoms with van der Waals surface area (Å²) in [7, 11) is 0. The monoisotopic (exact) mass is 782 g/mol. The fraction of sp³-hybridized carbons (Fsp3) is 0.0690. The van der Waals surface area contributed by atoms with Gasteiger partial charge in [-0.25, -0.2) is 0 Å². The van der Waals surface area contributed by atoms with E-state index in [0.717, 1.165) is 46.8 Å². The first-order chi connectivity index (χ1) is 29.8. The van der Waals surface area contributed by atoms with E-state index in [1.54, 1.807) is 0 Å². The van der Waals surface area contributed by atoms with Crippen LogP contribution in [-0.4, -0.2) is 0 Å². The molecule has 0 N–H and O–H groups in total. The van der Waals surface area contributed by atoms with Crippen LogP contribution in [0.3, 0.4) is 0 Å². The van der Waals surface area contributed by atoms with Crippen LogP contribution < -0.4 is 0 Å². The minimum Gasteiger partial charge on any atom is -0.456 e. The molecule has 1 aromatic heterocycles. The minimum atomic E-state index is 0.407. The summed E-state index contributed by atoms with van der Waals surface area (Å²) >= 11 is 1.94.